The number of benzene rings is 2. The van der Waals surface area contributed by atoms with Gasteiger partial charge in [-0.25, -0.2) is 0 Å². The summed E-state index contributed by atoms with van der Waals surface area (Å²) in [6, 6.07) is 20.2. The predicted molar refractivity (Wildman–Crippen MR) is 106 cm³/mol. The van der Waals surface area contributed by atoms with Gasteiger partial charge in [0.25, 0.3) is 0 Å². The van der Waals surface area contributed by atoms with Gasteiger partial charge in [0.2, 0.25) is 5.78 Å². The summed E-state index contributed by atoms with van der Waals surface area (Å²) in [5.41, 5.74) is 10.8. The number of nitrogens with zero attached hydrogens (tertiary/aromatic N) is 3. The number of ketones is 1. The van der Waals surface area contributed by atoms with Crippen LogP contribution in [0.25, 0.3) is 5.53 Å². The van der Waals surface area contributed by atoms with Gasteiger partial charge in [0, 0.05) is 26.1 Å². The number of Topliss-reactive ketones (excluding diaryl/α,β-unsaturated/α-hetero) is 1. The minimum absolute atomic E-state index is 0.189. The van der Waals surface area contributed by atoms with Crippen LogP contribution < -0.4 is 0 Å². The molecule has 0 aromatic heterocycles. The number of carbonyl (C=O) groups is 1. The quantitative estimate of drug-likeness (QED) is 0.190. The highest BCUT2D eigenvalue weighted by Crippen LogP contribution is 2.06. The third-order valence-corrected chi connectivity index (χ3v) is 3.98. The van der Waals surface area contributed by atoms with E-state index >= 15 is 0 Å². The van der Waals surface area contributed by atoms with Gasteiger partial charge in [-0.3, -0.25) is 9.69 Å². The van der Waals surface area contributed by atoms with Crippen molar-refractivity contribution in [1.29, 1.82) is 0 Å². The van der Waals surface area contributed by atoms with Crippen molar-refractivity contribution in [2.24, 2.45) is 0 Å². The Labute approximate surface area is 160 Å². The molecule has 2 aromatic rings. The molecule has 2 rings (SSSR count). The zero-order valence-electron chi connectivity index (χ0n) is 15.4. The summed E-state index contributed by atoms with van der Waals surface area (Å²) >= 11 is 0. The molecule has 0 bridgehead atoms. The van der Waals surface area contributed by atoms with Gasteiger partial charge in [-0.15, -0.1) is 0 Å². The monoisotopic (exact) mass is 363 g/mol. The van der Waals surface area contributed by atoms with E-state index in [9.17, 15) is 4.79 Å². The second-order valence-corrected chi connectivity index (χ2v) is 6.15. The molecule has 0 spiro atoms. The molecule has 0 aliphatic rings. The fourth-order valence-electron chi connectivity index (χ4n) is 2.58. The number of hydrogen-bond acceptors (Lipinski definition) is 3. The molecule has 0 saturated heterocycles. The largest absolute Gasteiger partial charge is 0.373 e. The van der Waals surface area contributed by atoms with Gasteiger partial charge in [-0.2, -0.15) is 4.79 Å². The van der Waals surface area contributed by atoms with Crippen molar-refractivity contribution in [3.05, 3.63) is 89.5 Å². The average molecular weight is 363 g/mol. The first-order valence-electron chi connectivity index (χ1n) is 9.01. The molecule has 0 aliphatic heterocycles. The summed E-state index contributed by atoms with van der Waals surface area (Å²) in [7, 11) is 0. The van der Waals surface area contributed by atoms with Crippen LogP contribution in [0, 0.1) is 0 Å². The molecule has 5 nitrogen and oxygen atoms in total. The highest BCUT2D eigenvalue weighted by molar-refractivity contribution is 6.25. The van der Waals surface area contributed by atoms with Crippen LogP contribution in [0.3, 0.4) is 0 Å². The molecular formula is C22H25N3O2. The third kappa shape index (κ3) is 8.88. The Hall–Kier alpha value is -2.85. The van der Waals surface area contributed by atoms with Gasteiger partial charge < -0.3 is 10.3 Å². The Bertz CT molecular complexity index is 754. The summed E-state index contributed by atoms with van der Waals surface area (Å²) in [5.74, 6) is -0.189. The molecule has 0 heterocycles. The molecule has 0 aliphatic carbocycles. The van der Waals surface area contributed by atoms with Crippen molar-refractivity contribution in [1.82, 2.24) is 4.90 Å². The first-order valence-corrected chi connectivity index (χ1v) is 9.01. The van der Waals surface area contributed by atoms with Crippen LogP contribution in [-0.4, -0.2) is 41.4 Å². The number of ether oxygens (including phenoxy) is 1. The van der Waals surface area contributed by atoms with Crippen molar-refractivity contribution in [3.8, 4) is 0 Å². The maximum Gasteiger partial charge on any atom is 0.323 e. The number of carbonyl (C=O) groups excluding carboxylic acids is 1. The molecule has 0 radical (unpaired) electrons. The van der Waals surface area contributed by atoms with E-state index in [4.69, 9.17) is 10.3 Å². The summed E-state index contributed by atoms with van der Waals surface area (Å²) in [5, 5.41) is 0. The standard InChI is InChI=1S/C22H25N3O2/c23-24-17-22(26)13-15-25(18-20-9-3-1-4-10-20)14-7-8-16-27-19-21-11-5-2-6-12-21/h1-12,17H,13-16,18-19H2/b8-7+. The lowest BCUT2D eigenvalue weighted by Crippen LogP contribution is -2.26. The topological polar surface area (TPSA) is 65.9 Å². The van der Waals surface area contributed by atoms with Crippen LogP contribution in [0.4, 0.5) is 0 Å². The van der Waals surface area contributed by atoms with Gasteiger partial charge in [0.15, 0.2) is 0 Å². The zero-order valence-corrected chi connectivity index (χ0v) is 15.4. The molecule has 2 aromatic carbocycles. The molecule has 0 atom stereocenters. The summed E-state index contributed by atoms with van der Waals surface area (Å²) in [6.45, 7) is 3.19. The lowest BCUT2D eigenvalue weighted by atomic mass is 10.2. The Balaban J connectivity index is 1.79. The summed E-state index contributed by atoms with van der Waals surface area (Å²) in [6.07, 6.45) is 5.32. The number of rotatable bonds is 12. The summed E-state index contributed by atoms with van der Waals surface area (Å²) in [4.78, 5) is 16.5. The first-order chi connectivity index (χ1) is 13.3. The van der Waals surface area contributed by atoms with Crippen molar-refractivity contribution < 1.29 is 14.3 Å². The van der Waals surface area contributed by atoms with Crippen LogP contribution in [-0.2, 0) is 22.7 Å². The van der Waals surface area contributed by atoms with E-state index in [0.29, 0.717) is 32.7 Å². The lowest BCUT2D eigenvalue weighted by molar-refractivity contribution is -0.116. The van der Waals surface area contributed by atoms with Crippen molar-refractivity contribution in [2.75, 3.05) is 19.7 Å². The SMILES string of the molecule is [N-]=[N+]=CC(=O)CCN(C/C=C/COCc1ccccc1)Cc1ccccc1. The minimum atomic E-state index is -0.189. The van der Waals surface area contributed by atoms with Crippen LogP contribution in [0.5, 0.6) is 0 Å². The van der Waals surface area contributed by atoms with Gasteiger partial charge in [0.05, 0.1) is 13.2 Å². The number of hydrogen-bond donors (Lipinski definition) is 0. The lowest BCUT2D eigenvalue weighted by Gasteiger charge is -2.20. The second kappa shape index (κ2) is 12.5. The van der Waals surface area contributed by atoms with E-state index in [-0.39, 0.29) is 5.78 Å². The smallest absolute Gasteiger partial charge is 0.323 e. The minimum Gasteiger partial charge on any atom is -0.373 e. The van der Waals surface area contributed by atoms with E-state index in [0.717, 1.165) is 18.3 Å². The van der Waals surface area contributed by atoms with E-state index in [1.807, 2.05) is 54.6 Å². The molecule has 0 fully saturated rings. The highest BCUT2D eigenvalue weighted by atomic mass is 16.5. The normalized spacial score (nSPS) is 10.9. The fraction of sp³-hybridized carbons (Fsp3) is 0.273. The highest BCUT2D eigenvalue weighted by Gasteiger charge is 2.09. The molecule has 5 heteroatoms. The van der Waals surface area contributed by atoms with E-state index in [1.54, 1.807) is 0 Å². The molecular weight excluding hydrogens is 338 g/mol. The molecule has 0 N–H and O–H groups in total. The zero-order chi connectivity index (χ0) is 19.2. The van der Waals surface area contributed by atoms with E-state index in [1.165, 1.54) is 5.56 Å². The Morgan fingerprint density at radius 1 is 1.00 bits per heavy atom. The third-order valence-electron chi connectivity index (χ3n) is 3.98. The first kappa shape index (κ1) is 20.5. The van der Waals surface area contributed by atoms with Crippen LogP contribution in [0.15, 0.2) is 72.8 Å². The Morgan fingerprint density at radius 3 is 2.33 bits per heavy atom. The van der Waals surface area contributed by atoms with Crippen LogP contribution in [0.2, 0.25) is 0 Å². The maximum atomic E-state index is 11.6. The second-order valence-electron chi connectivity index (χ2n) is 6.15. The Kier molecular flexibility index (Phi) is 9.47. The van der Waals surface area contributed by atoms with Gasteiger partial charge in [-0.05, 0) is 11.1 Å². The van der Waals surface area contributed by atoms with Gasteiger partial charge in [0.1, 0.15) is 0 Å². The van der Waals surface area contributed by atoms with Gasteiger partial charge >= 0.3 is 6.21 Å². The van der Waals surface area contributed by atoms with Crippen molar-refractivity contribution >= 4 is 12.0 Å². The predicted octanol–water partition coefficient (Wildman–Crippen LogP) is 3.52. The average Bonchev–Trinajstić information content (AvgIpc) is 2.70. The molecule has 0 saturated carbocycles. The molecule has 0 amide bonds. The molecule has 0 unspecified atom stereocenters. The van der Waals surface area contributed by atoms with Crippen LogP contribution in [0.1, 0.15) is 17.5 Å². The van der Waals surface area contributed by atoms with Crippen LogP contribution >= 0.6 is 0 Å². The van der Waals surface area contributed by atoms with Gasteiger partial charge in [-0.1, -0.05) is 72.8 Å². The Morgan fingerprint density at radius 2 is 1.67 bits per heavy atom. The van der Waals surface area contributed by atoms with E-state index < -0.39 is 0 Å². The summed E-state index contributed by atoms with van der Waals surface area (Å²) < 4.78 is 5.65. The molecule has 140 valence electrons. The van der Waals surface area contributed by atoms with Crippen molar-refractivity contribution in [3.63, 3.8) is 0 Å². The van der Waals surface area contributed by atoms with Crippen molar-refractivity contribution in [2.45, 2.75) is 19.6 Å². The molecule has 27 heavy (non-hydrogen) atoms. The fourth-order valence-corrected chi connectivity index (χ4v) is 2.58. The van der Waals surface area contributed by atoms with E-state index in [2.05, 4.69) is 27.9 Å². The maximum absolute atomic E-state index is 11.6.